The van der Waals surface area contributed by atoms with Gasteiger partial charge in [-0.15, -0.1) is 0 Å². The van der Waals surface area contributed by atoms with Crippen LogP contribution in [0.1, 0.15) is 27.2 Å². The van der Waals surface area contributed by atoms with Crippen molar-refractivity contribution in [1.82, 2.24) is 10.3 Å². The quantitative estimate of drug-likeness (QED) is 0.757. The molecule has 0 atom stereocenters. The molecule has 0 aliphatic rings. The van der Waals surface area contributed by atoms with E-state index in [0.29, 0.717) is 12.3 Å². The van der Waals surface area contributed by atoms with Gasteiger partial charge in [0.15, 0.2) is 17.8 Å². The summed E-state index contributed by atoms with van der Waals surface area (Å²) in [5, 5.41) is 12.2. The maximum Gasteiger partial charge on any atom is 0.274 e. The Kier molecular flexibility index (Phi) is 4.72. The molecule has 1 heterocycles. The maximum atomic E-state index is 12.4. The first-order chi connectivity index (χ1) is 11.7. The molecule has 2 aromatic carbocycles. The summed E-state index contributed by atoms with van der Waals surface area (Å²) in [5.74, 6) is 0.134. The molecular weight excluding hydrogens is 304 g/mol. The van der Waals surface area contributed by atoms with Crippen LogP contribution < -0.4 is 5.32 Å². The SMILES string of the molecule is Cc1ccc(-c2ocnc2C(=O)NCc2ccccc2CO)cc1. The zero-order valence-corrected chi connectivity index (χ0v) is 13.3. The van der Waals surface area contributed by atoms with Gasteiger partial charge in [0.25, 0.3) is 5.91 Å². The predicted molar refractivity (Wildman–Crippen MR) is 90.2 cm³/mol. The third kappa shape index (κ3) is 3.36. The Labute approximate surface area is 140 Å². The highest BCUT2D eigenvalue weighted by Crippen LogP contribution is 2.23. The molecule has 0 bridgehead atoms. The maximum absolute atomic E-state index is 12.4. The molecule has 0 saturated heterocycles. The summed E-state index contributed by atoms with van der Waals surface area (Å²) < 4.78 is 5.40. The molecule has 0 aliphatic heterocycles. The van der Waals surface area contributed by atoms with E-state index in [-0.39, 0.29) is 18.2 Å². The fourth-order valence-corrected chi connectivity index (χ4v) is 2.46. The lowest BCUT2D eigenvalue weighted by atomic mass is 10.1. The van der Waals surface area contributed by atoms with Crippen molar-refractivity contribution in [2.75, 3.05) is 0 Å². The van der Waals surface area contributed by atoms with E-state index in [4.69, 9.17) is 4.42 Å². The lowest BCUT2D eigenvalue weighted by Gasteiger charge is -2.08. The largest absolute Gasteiger partial charge is 0.443 e. The standard InChI is InChI=1S/C19H18N2O3/c1-13-6-8-14(9-7-13)18-17(21-12-24-18)19(23)20-10-15-4-2-3-5-16(15)11-22/h2-9,12,22H,10-11H2,1H3,(H,20,23). The molecule has 0 fully saturated rings. The molecule has 0 saturated carbocycles. The summed E-state index contributed by atoms with van der Waals surface area (Å²) in [6.45, 7) is 2.25. The van der Waals surface area contributed by atoms with Crippen LogP contribution in [0.25, 0.3) is 11.3 Å². The molecule has 122 valence electrons. The highest BCUT2D eigenvalue weighted by molar-refractivity contribution is 5.97. The van der Waals surface area contributed by atoms with Gasteiger partial charge in [-0.2, -0.15) is 0 Å². The predicted octanol–water partition coefficient (Wildman–Crippen LogP) is 3.07. The van der Waals surface area contributed by atoms with E-state index in [1.807, 2.05) is 55.5 Å². The number of aliphatic hydroxyl groups excluding tert-OH is 1. The van der Waals surface area contributed by atoms with Crippen molar-refractivity contribution >= 4 is 5.91 Å². The average Bonchev–Trinajstić information content (AvgIpc) is 3.10. The van der Waals surface area contributed by atoms with E-state index >= 15 is 0 Å². The second-order valence-electron chi connectivity index (χ2n) is 5.51. The van der Waals surface area contributed by atoms with E-state index in [9.17, 15) is 9.90 Å². The van der Waals surface area contributed by atoms with Crippen molar-refractivity contribution < 1.29 is 14.3 Å². The average molecular weight is 322 g/mol. The zero-order chi connectivity index (χ0) is 16.9. The molecule has 5 nitrogen and oxygen atoms in total. The number of aliphatic hydroxyl groups is 1. The van der Waals surface area contributed by atoms with Crippen LogP contribution in [0.4, 0.5) is 0 Å². The summed E-state index contributed by atoms with van der Waals surface area (Å²) in [6, 6.07) is 15.1. The minimum Gasteiger partial charge on any atom is -0.443 e. The molecule has 2 N–H and O–H groups in total. The molecular formula is C19H18N2O3. The Hall–Kier alpha value is -2.92. The Morgan fingerprint density at radius 1 is 1.12 bits per heavy atom. The fraction of sp³-hybridized carbons (Fsp3) is 0.158. The molecule has 0 aliphatic carbocycles. The van der Waals surface area contributed by atoms with Gasteiger partial charge in [-0.3, -0.25) is 4.79 Å². The third-order valence-electron chi connectivity index (χ3n) is 3.82. The normalized spacial score (nSPS) is 10.6. The zero-order valence-electron chi connectivity index (χ0n) is 13.3. The van der Waals surface area contributed by atoms with Crippen LogP contribution in [0.5, 0.6) is 0 Å². The smallest absolute Gasteiger partial charge is 0.274 e. The van der Waals surface area contributed by atoms with Crippen molar-refractivity contribution in [1.29, 1.82) is 0 Å². The Bertz CT molecular complexity index is 838. The minimum absolute atomic E-state index is 0.0649. The summed E-state index contributed by atoms with van der Waals surface area (Å²) in [7, 11) is 0. The molecule has 3 aromatic rings. The summed E-state index contributed by atoms with van der Waals surface area (Å²) in [4.78, 5) is 16.5. The molecule has 0 spiro atoms. The van der Waals surface area contributed by atoms with Gasteiger partial charge in [-0.1, -0.05) is 54.1 Å². The van der Waals surface area contributed by atoms with Crippen molar-refractivity contribution in [2.24, 2.45) is 0 Å². The molecule has 1 amide bonds. The van der Waals surface area contributed by atoms with Gasteiger partial charge in [-0.05, 0) is 18.1 Å². The van der Waals surface area contributed by atoms with Gasteiger partial charge in [0, 0.05) is 12.1 Å². The second kappa shape index (κ2) is 7.10. The number of aryl methyl sites for hydroxylation is 1. The third-order valence-corrected chi connectivity index (χ3v) is 3.82. The molecule has 3 rings (SSSR count). The minimum atomic E-state index is -0.313. The Morgan fingerprint density at radius 2 is 1.83 bits per heavy atom. The summed E-state index contributed by atoms with van der Waals surface area (Å²) >= 11 is 0. The fourth-order valence-electron chi connectivity index (χ4n) is 2.46. The van der Waals surface area contributed by atoms with Crippen LogP contribution in [0, 0.1) is 6.92 Å². The molecule has 0 radical (unpaired) electrons. The number of benzene rings is 2. The van der Waals surface area contributed by atoms with E-state index in [1.165, 1.54) is 6.39 Å². The number of hydrogen-bond acceptors (Lipinski definition) is 4. The van der Waals surface area contributed by atoms with Gasteiger partial charge in [0.05, 0.1) is 6.61 Å². The van der Waals surface area contributed by atoms with Crippen LogP contribution >= 0.6 is 0 Å². The Morgan fingerprint density at radius 3 is 2.54 bits per heavy atom. The van der Waals surface area contributed by atoms with Crippen LogP contribution in [-0.4, -0.2) is 16.0 Å². The molecule has 0 unspecified atom stereocenters. The van der Waals surface area contributed by atoms with E-state index in [0.717, 1.165) is 22.3 Å². The van der Waals surface area contributed by atoms with Crippen LogP contribution in [0.3, 0.4) is 0 Å². The number of carbonyl (C=O) groups is 1. The number of aromatic nitrogens is 1. The number of oxazole rings is 1. The first kappa shape index (κ1) is 16.0. The topological polar surface area (TPSA) is 75.4 Å². The first-order valence-electron chi connectivity index (χ1n) is 7.65. The Balaban J connectivity index is 1.77. The number of hydrogen-bond donors (Lipinski definition) is 2. The number of carbonyl (C=O) groups excluding carboxylic acids is 1. The van der Waals surface area contributed by atoms with Gasteiger partial charge < -0.3 is 14.8 Å². The summed E-state index contributed by atoms with van der Waals surface area (Å²) in [6.07, 6.45) is 1.27. The van der Waals surface area contributed by atoms with Gasteiger partial charge in [0.1, 0.15) is 0 Å². The first-order valence-corrected chi connectivity index (χ1v) is 7.65. The molecule has 24 heavy (non-hydrogen) atoms. The number of nitrogens with zero attached hydrogens (tertiary/aromatic N) is 1. The highest BCUT2D eigenvalue weighted by Gasteiger charge is 2.18. The number of rotatable bonds is 5. The van der Waals surface area contributed by atoms with Crippen LogP contribution in [0.2, 0.25) is 0 Å². The van der Waals surface area contributed by atoms with Crippen molar-refractivity contribution in [3.05, 3.63) is 77.3 Å². The van der Waals surface area contributed by atoms with Crippen LogP contribution in [-0.2, 0) is 13.2 Å². The van der Waals surface area contributed by atoms with Crippen molar-refractivity contribution in [3.63, 3.8) is 0 Å². The van der Waals surface area contributed by atoms with Crippen molar-refractivity contribution in [3.8, 4) is 11.3 Å². The lowest BCUT2D eigenvalue weighted by molar-refractivity contribution is 0.0946. The van der Waals surface area contributed by atoms with E-state index < -0.39 is 0 Å². The number of nitrogens with one attached hydrogen (secondary N) is 1. The van der Waals surface area contributed by atoms with E-state index in [2.05, 4.69) is 10.3 Å². The lowest BCUT2D eigenvalue weighted by Crippen LogP contribution is -2.24. The second-order valence-corrected chi connectivity index (χ2v) is 5.51. The number of amides is 1. The van der Waals surface area contributed by atoms with Gasteiger partial charge in [0.2, 0.25) is 0 Å². The monoisotopic (exact) mass is 322 g/mol. The van der Waals surface area contributed by atoms with Crippen LogP contribution in [0.15, 0.2) is 59.3 Å². The molecule has 1 aromatic heterocycles. The summed E-state index contributed by atoms with van der Waals surface area (Å²) in [5.41, 5.74) is 3.84. The highest BCUT2D eigenvalue weighted by atomic mass is 16.3. The van der Waals surface area contributed by atoms with Gasteiger partial charge >= 0.3 is 0 Å². The van der Waals surface area contributed by atoms with Gasteiger partial charge in [-0.25, -0.2) is 4.98 Å². The van der Waals surface area contributed by atoms with E-state index in [1.54, 1.807) is 0 Å². The molecule has 5 heteroatoms. The van der Waals surface area contributed by atoms with Crippen molar-refractivity contribution in [2.45, 2.75) is 20.1 Å².